The minimum atomic E-state index is 0.339. The molecule has 3 aromatic rings. The van der Waals surface area contributed by atoms with Crippen molar-refractivity contribution in [3.63, 3.8) is 0 Å². The van der Waals surface area contributed by atoms with E-state index in [0.29, 0.717) is 26.6 Å². The van der Waals surface area contributed by atoms with Crippen LogP contribution < -0.4 is 10.2 Å². The summed E-state index contributed by atoms with van der Waals surface area (Å²) in [5, 5.41) is 11.6. The Balaban J connectivity index is 1.61. The van der Waals surface area contributed by atoms with Crippen LogP contribution in [-0.2, 0) is 0 Å². The van der Waals surface area contributed by atoms with E-state index in [-0.39, 0.29) is 0 Å². The number of aromatic nitrogens is 4. The summed E-state index contributed by atoms with van der Waals surface area (Å²) < 4.78 is 0. The second kappa shape index (κ2) is 7.26. The SMILES string of the molecule is CNCC1(C)CCN(c2cnc3c(-c4cccc(Cl)c4Cl)[nH]nc3n2)CC1. The Hall–Kier alpha value is -1.89. The maximum Gasteiger partial charge on any atom is 0.202 e. The second-order valence-electron chi connectivity index (χ2n) is 7.43. The molecular weight excluding hydrogens is 383 g/mol. The molecule has 27 heavy (non-hydrogen) atoms. The maximum atomic E-state index is 6.35. The Morgan fingerprint density at radius 2 is 2.04 bits per heavy atom. The molecule has 3 heterocycles. The standard InChI is InChI=1S/C19H22Cl2N6/c1-19(11-22-2)6-8-27(9-7-19)14-10-23-17-16(25-26-18(17)24-14)12-4-3-5-13(20)15(12)21/h3-5,10,22H,6-9,11H2,1-2H3,(H,24,25,26). The Kier molecular flexibility index (Phi) is 4.97. The number of anilines is 1. The molecule has 1 saturated heterocycles. The van der Waals surface area contributed by atoms with Gasteiger partial charge in [-0.25, -0.2) is 9.97 Å². The number of rotatable bonds is 4. The van der Waals surface area contributed by atoms with Gasteiger partial charge in [0.1, 0.15) is 11.3 Å². The first kappa shape index (κ1) is 18.5. The van der Waals surface area contributed by atoms with E-state index in [0.717, 1.165) is 49.6 Å². The summed E-state index contributed by atoms with van der Waals surface area (Å²) in [4.78, 5) is 11.6. The molecule has 0 radical (unpaired) electrons. The van der Waals surface area contributed by atoms with Crippen LogP contribution in [0.4, 0.5) is 5.82 Å². The van der Waals surface area contributed by atoms with Crippen LogP contribution in [0.2, 0.25) is 10.0 Å². The molecule has 1 aliphatic rings. The highest BCUT2D eigenvalue weighted by atomic mass is 35.5. The molecule has 6 nitrogen and oxygen atoms in total. The van der Waals surface area contributed by atoms with Gasteiger partial charge in [-0.05, 0) is 31.4 Å². The predicted octanol–water partition coefficient (Wildman–Crippen LogP) is 4.15. The van der Waals surface area contributed by atoms with E-state index in [4.69, 9.17) is 28.2 Å². The summed E-state index contributed by atoms with van der Waals surface area (Å²) in [6, 6.07) is 5.51. The number of nitrogens with zero attached hydrogens (tertiary/aromatic N) is 4. The summed E-state index contributed by atoms with van der Waals surface area (Å²) in [7, 11) is 2.01. The minimum absolute atomic E-state index is 0.339. The largest absolute Gasteiger partial charge is 0.355 e. The van der Waals surface area contributed by atoms with Crippen molar-refractivity contribution in [1.29, 1.82) is 0 Å². The zero-order chi connectivity index (χ0) is 19.0. The van der Waals surface area contributed by atoms with Gasteiger partial charge in [0.2, 0.25) is 5.65 Å². The van der Waals surface area contributed by atoms with Crippen molar-refractivity contribution in [2.45, 2.75) is 19.8 Å². The van der Waals surface area contributed by atoms with Crippen molar-refractivity contribution in [1.82, 2.24) is 25.5 Å². The third-order valence-electron chi connectivity index (χ3n) is 5.37. The summed E-state index contributed by atoms with van der Waals surface area (Å²) in [6.45, 7) is 5.31. The topological polar surface area (TPSA) is 69.7 Å². The predicted molar refractivity (Wildman–Crippen MR) is 111 cm³/mol. The summed E-state index contributed by atoms with van der Waals surface area (Å²) >= 11 is 12.5. The summed E-state index contributed by atoms with van der Waals surface area (Å²) in [6.07, 6.45) is 4.07. The zero-order valence-electron chi connectivity index (χ0n) is 15.4. The summed E-state index contributed by atoms with van der Waals surface area (Å²) in [5.41, 5.74) is 3.12. The quantitative estimate of drug-likeness (QED) is 0.683. The molecule has 0 atom stereocenters. The third kappa shape index (κ3) is 3.49. The smallest absolute Gasteiger partial charge is 0.202 e. The lowest BCUT2D eigenvalue weighted by Gasteiger charge is -2.39. The average molecular weight is 405 g/mol. The highest BCUT2D eigenvalue weighted by Gasteiger charge is 2.30. The lowest BCUT2D eigenvalue weighted by atomic mass is 9.80. The fraction of sp³-hybridized carbons (Fsp3) is 0.421. The first-order valence-corrected chi connectivity index (χ1v) is 9.81. The minimum Gasteiger partial charge on any atom is -0.355 e. The van der Waals surface area contributed by atoms with Crippen molar-refractivity contribution < 1.29 is 0 Å². The van der Waals surface area contributed by atoms with Crippen LogP contribution in [0, 0.1) is 5.41 Å². The van der Waals surface area contributed by atoms with Crippen molar-refractivity contribution >= 4 is 40.2 Å². The van der Waals surface area contributed by atoms with Gasteiger partial charge < -0.3 is 10.2 Å². The summed E-state index contributed by atoms with van der Waals surface area (Å²) in [5.74, 6) is 0.865. The van der Waals surface area contributed by atoms with Crippen LogP contribution in [0.25, 0.3) is 22.4 Å². The first-order valence-electron chi connectivity index (χ1n) is 9.06. The molecule has 142 valence electrons. The Morgan fingerprint density at radius 3 is 2.78 bits per heavy atom. The maximum absolute atomic E-state index is 6.35. The van der Waals surface area contributed by atoms with Crippen LogP contribution in [0.15, 0.2) is 24.4 Å². The van der Waals surface area contributed by atoms with E-state index in [1.54, 1.807) is 6.07 Å². The molecule has 0 spiro atoms. The van der Waals surface area contributed by atoms with Gasteiger partial charge >= 0.3 is 0 Å². The highest BCUT2D eigenvalue weighted by molar-refractivity contribution is 6.43. The lowest BCUT2D eigenvalue weighted by molar-refractivity contribution is 0.242. The number of piperidine rings is 1. The average Bonchev–Trinajstić information content (AvgIpc) is 3.08. The number of halogens is 2. The highest BCUT2D eigenvalue weighted by Crippen LogP contribution is 2.36. The Morgan fingerprint density at radius 1 is 1.26 bits per heavy atom. The normalized spacial score (nSPS) is 16.8. The van der Waals surface area contributed by atoms with Crippen LogP contribution in [0.1, 0.15) is 19.8 Å². The van der Waals surface area contributed by atoms with Crippen LogP contribution in [-0.4, -0.2) is 46.8 Å². The van der Waals surface area contributed by atoms with Gasteiger partial charge in [0.25, 0.3) is 0 Å². The number of hydrogen-bond donors (Lipinski definition) is 2. The zero-order valence-corrected chi connectivity index (χ0v) is 16.9. The molecule has 8 heteroatoms. The molecule has 0 amide bonds. The molecule has 1 aromatic carbocycles. The van der Waals surface area contributed by atoms with E-state index in [9.17, 15) is 0 Å². The van der Waals surface area contributed by atoms with Crippen molar-refractivity contribution in [3.8, 4) is 11.3 Å². The number of hydrogen-bond acceptors (Lipinski definition) is 5. The second-order valence-corrected chi connectivity index (χ2v) is 8.21. The lowest BCUT2D eigenvalue weighted by Crippen LogP contribution is -2.43. The van der Waals surface area contributed by atoms with Gasteiger partial charge in [-0.2, -0.15) is 5.10 Å². The Labute approximate surface area is 168 Å². The van der Waals surface area contributed by atoms with E-state index in [1.165, 1.54) is 0 Å². The van der Waals surface area contributed by atoms with E-state index >= 15 is 0 Å². The molecule has 1 fully saturated rings. The number of nitrogens with one attached hydrogen (secondary N) is 2. The first-order chi connectivity index (χ1) is 13.0. The van der Waals surface area contributed by atoms with Gasteiger partial charge in [-0.15, -0.1) is 0 Å². The third-order valence-corrected chi connectivity index (χ3v) is 6.19. The molecule has 2 aromatic heterocycles. The van der Waals surface area contributed by atoms with Gasteiger partial charge in [-0.3, -0.25) is 5.10 Å². The van der Waals surface area contributed by atoms with Crippen molar-refractivity contribution in [2.75, 3.05) is 31.6 Å². The fourth-order valence-corrected chi connectivity index (χ4v) is 4.10. The molecule has 0 aliphatic carbocycles. The van der Waals surface area contributed by atoms with Gasteiger partial charge in [0.05, 0.1) is 21.9 Å². The Bertz CT molecular complexity index is 962. The molecule has 0 saturated carbocycles. The van der Waals surface area contributed by atoms with E-state index < -0.39 is 0 Å². The van der Waals surface area contributed by atoms with E-state index in [2.05, 4.69) is 32.3 Å². The monoisotopic (exact) mass is 404 g/mol. The molecule has 2 N–H and O–H groups in total. The number of fused-ring (bicyclic) bond motifs is 1. The van der Waals surface area contributed by atoms with Crippen LogP contribution >= 0.6 is 23.2 Å². The molecule has 0 unspecified atom stereocenters. The van der Waals surface area contributed by atoms with Gasteiger partial charge in [-0.1, -0.05) is 42.3 Å². The number of H-pyrrole nitrogens is 1. The molecule has 1 aliphatic heterocycles. The van der Waals surface area contributed by atoms with Crippen molar-refractivity contribution in [3.05, 3.63) is 34.4 Å². The van der Waals surface area contributed by atoms with E-state index in [1.807, 2.05) is 25.4 Å². The van der Waals surface area contributed by atoms with Crippen LogP contribution in [0.3, 0.4) is 0 Å². The number of aromatic amines is 1. The fourth-order valence-electron chi connectivity index (χ4n) is 3.70. The molecule has 0 bridgehead atoms. The van der Waals surface area contributed by atoms with Crippen LogP contribution in [0.5, 0.6) is 0 Å². The molecule has 4 rings (SSSR count). The van der Waals surface area contributed by atoms with Gasteiger partial charge in [0.15, 0.2) is 0 Å². The molecular formula is C19H22Cl2N6. The van der Waals surface area contributed by atoms with Crippen molar-refractivity contribution in [2.24, 2.45) is 5.41 Å². The number of benzene rings is 1. The van der Waals surface area contributed by atoms with Gasteiger partial charge in [0, 0.05) is 25.2 Å².